The van der Waals surface area contributed by atoms with Gasteiger partial charge in [-0.05, 0) is 50.6 Å². The Balaban J connectivity index is 1.83. The molecule has 0 radical (unpaired) electrons. The van der Waals surface area contributed by atoms with Crippen LogP contribution in [-0.4, -0.2) is 16.8 Å². The van der Waals surface area contributed by atoms with Crippen LogP contribution in [0.2, 0.25) is 0 Å². The molecule has 0 bridgehead atoms. The van der Waals surface area contributed by atoms with Gasteiger partial charge in [0.2, 0.25) is 11.8 Å². The normalized spacial score (nSPS) is 12.6. The van der Waals surface area contributed by atoms with Gasteiger partial charge >= 0.3 is 6.18 Å². The van der Waals surface area contributed by atoms with E-state index in [1.165, 1.54) is 6.07 Å². The van der Waals surface area contributed by atoms with Crippen molar-refractivity contribution in [1.29, 1.82) is 0 Å². The summed E-state index contributed by atoms with van der Waals surface area (Å²) in [6.07, 6.45) is -3.72. The summed E-state index contributed by atoms with van der Waals surface area (Å²) in [7, 11) is 0. The first-order chi connectivity index (χ1) is 13.8. The third-order valence-electron chi connectivity index (χ3n) is 4.25. The van der Waals surface area contributed by atoms with Crippen molar-refractivity contribution < 1.29 is 22.3 Å². The van der Waals surface area contributed by atoms with E-state index in [1.807, 2.05) is 38.1 Å². The van der Waals surface area contributed by atoms with E-state index in [-0.39, 0.29) is 11.6 Å². The predicted molar refractivity (Wildman–Crippen MR) is 104 cm³/mol. The number of nitrogens with one attached hydrogen (secondary N) is 1. The van der Waals surface area contributed by atoms with Crippen LogP contribution in [0.25, 0.3) is 11.5 Å². The van der Waals surface area contributed by atoms with Crippen LogP contribution in [0.1, 0.15) is 43.3 Å². The standard InChI is InChI=1S/C21H22F3N3O2/c1-4-11-28-18-10-9-16(21(22,23)24)12-17(18)25-14(3)19-26-27-20(29-19)15-7-5-13(2)6-8-15/h5-10,12,14,25H,4,11H2,1-3H3. The summed E-state index contributed by atoms with van der Waals surface area (Å²) >= 11 is 0. The van der Waals surface area contributed by atoms with E-state index in [1.54, 1.807) is 6.92 Å². The quantitative estimate of drug-likeness (QED) is 0.520. The second kappa shape index (κ2) is 8.55. The highest BCUT2D eigenvalue weighted by molar-refractivity contribution is 5.59. The number of aryl methyl sites for hydroxylation is 1. The Kier molecular flexibility index (Phi) is 6.10. The molecule has 0 amide bonds. The number of anilines is 1. The molecule has 0 aliphatic carbocycles. The lowest BCUT2D eigenvalue weighted by Gasteiger charge is -2.18. The van der Waals surface area contributed by atoms with Crippen molar-refractivity contribution in [2.75, 3.05) is 11.9 Å². The zero-order valence-electron chi connectivity index (χ0n) is 16.4. The lowest BCUT2D eigenvalue weighted by molar-refractivity contribution is -0.137. The van der Waals surface area contributed by atoms with Gasteiger partial charge in [0, 0.05) is 5.56 Å². The van der Waals surface area contributed by atoms with Crippen molar-refractivity contribution >= 4 is 5.69 Å². The summed E-state index contributed by atoms with van der Waals surface area (Å²) in [5, 5.41) is 11.1. The molecule has 1 aromatic heterocycles. The zero-order valence-corrected chi connectivity index (χ0v) is 16.4. The van der Waals surface area contributed by atoms with Crippen LogP contribution in [0, 0.1) is 6.92 Å². The molecule has 8 heteroatoms. The lowest BCUT2D eigenvalue weighted by Crippen LogP contribution is -2.11. The molecular formula is C21H22F3N3O2. The molecule has 0 aliphatic rings. The second-order valence-electron chi connectivity index (χ2n) is 6.73. The monoisotopic (exact) mass is 405 g/mol. The lowest BCUT2D eigenvalue weighted by atomic mass is 10.1. The van der Waals surface area contributed by atoms with E-state index in [9.17, 15) is 13.2 Å². The molecule has 5 nitrogen and oxygen atoms in total. The van der Waals surface area contributed by atoms with Gasteiger partial charge < -0.3 is 14.5 Å². The number of nitrogens with zero attached hydrogens (tertiary/aromatic N) is 2. The van der Waals surface area contributed by atoms with Gasteiger partial charge in [-0.25, -0.2) is 0 Å². The fourth-order valence-electron chi connectivity index (χ4n) is 2.67. The molecule has 0 saturated heterocycles. The summed E-state index contributed by atoms with van der Waals surface area (Å²) < 4.78 is 50.7. The van der Waals surface area contributed by atoms with Gasteiger partial charge in [0.25, 0.3) is 0 Å². The average molecular weight is 405 g/mol. The Labute approximate surface area is 166 Å². The van der Waals surface area contributed by atoms with Crippen molar-refractivity contribution in [2.24, 2.45) is 0 Å². The van der Waals surface area contributed by atoms with Gasteiger partial charge in [0.15, 0.2) is 0 Å². The first-order valence-electron chi connectivity index (χ1n) is 9.29. The fourth-order valence-corrected chi connectivity index (χ4v) is 2.67. The maximum Gasteiger partial charge on any atom is 0.416 e. The second-order valence-corrected chi connectivity index (χ2v) is 6.73. The first kappa shape index (κ1) is 20.7. The smallest absolute Gasteiger partial charge is 0.416 e. The maximum atomic E-state index is 13.1. The zero-order chi connectivity index (χ0) is 21.0. The van der Waals surface area contributed by atoms with E-state index in [0.29, 0.717) is 18.2 Å². The highest BCUT2D eigenvalue weighted by atomic mass is 19.4. The Morgan fingerprint density at radius 1 is 1.10 bits per heavy atom. The summed E-state index contributed by atoms with van der Waals surface area (Å²) in [4.78, 5) is 0. The third-order valence-corrected chi connectivity index (χ3v) is 4.25. The molecule has 1 unspecified atom stereocenters. The molecule has 0 aliphatic heterocycles. The number of hydrogen-bond acceptors (Lipinski definition) is 5. The molecule has 0 spiro atoms. The third kappa shape index (κ3) is 5.07. The summed E-state index contributed by atoms with van der Waals surface area (Å²) in [5.41, 5.74) is 1.33. The van der Waals surface area contributed by atoms with E-state index >= 15 is 0 Å². The minimum absolute atomic E-state index is 0.218. The van der Waals surface area contributed by atoms with Crippen LogP contribution < -0.4 is 10.1 Å². The molecule has 29 heavy (non-hydrogen) atoms. The van der Waals surface area contributed by atoms with Crippen LogP contribution in [0.5, 0.6) is 5.75 Å². The Morgan fingerprint density at radius 3 is 2.48 bits per heavy atom. The van der Waals surface area contributed by atoms with Crippen molar-refractivity contribution in [2.45, 2.75) is 39.4 Å². The van der Waals surface area contributed by atoms with Crippen molar-refractivity contribution in [3.63, 3.8) is 0 Å². The van der Waals surface area contributed by atoms with Crippen molar-refractivity contribution in [3.05, 3.63) is 59.5 Å². The van der Waals surface area contributed by atoms with Gasteiger partial charge in [-0.3, -0.25) is 0 Å². The number of rotatable bonds is 7. The molecular weight excluding hydrogens is 383 g/mol. The van der Waals surface area contributed by atoms with Gasteiger partial charge in [-0.2, -0.15) is 13.2 Å². The van der Waals surface area contributed by atoms with E-state index < -0.39 is 17.8 Å². The minimum Gasteiger partial charge on any atom is -0.491 e. The molecule has 1 atom stereocenters. The molecule has 2 aromatic carbocycles. The highest BCUT2D eigenvalue weighted by Crippen LogP contribution is 2.36. The van der Waals surface area contributed by atoms with Crippen LogP contribution in [0.4, 0.5) is 18.9 Å². The largest absolute Gasteiger partial charge is 0.491 e. The van der Waals surface area contributed by atoms with Gasteiger partial charge in [-0.15, -0.1) is 10.2 Å². The van der Waals surface area contributed by atoms with Gasteiger partial charge in [0.1, 0.15) is 11.8 Å². The molecule has 154 valence electrons. The Bertz CT molecular complexity index is 953. The van der Waals surface area contributed by atoms with E-state index in [2.05, 4.69) is 15.5 Å². The number of hydrogen-bond donors (Lipinski definition) is 1. The molecule has 1 heterocycles. The number of halogens is 3. The number of ether oxygens (including phenoxy) is 1. The summed E-state index contributed by atoms with van der Waals surface area (Å²) in [6.45, 7) is 6.02. The van der Waals surface area contributed by atoms with Gasteiger partial charge in [0.05, 0.1) is 17.9 Å². The number of benzene rings is 2. The molecule has 3 aromatic rings. The molecule has 3 rings (SSSR count). The highest BCUT2D eigenvalue weighted by Gasteiger charge is 2.31. The van der Waals surface area contributed by atoms with Gasteiger partial charge in [-0.1, -0.05) is 24.6 Å². The number of alkyl halides is 3. The van der Waals surface area contributed by atoms with Crippen LogP contribution in [-0.2, 0) is 6.18 Å². The van der Waals surface area contributed by atoms with Crippen molar-refractivity contribution in [3.8, 4) is 17.2 Å². The van der Waals surface area contributed by atoms with E-state index in [4.69, 9.17) is 9.15 Å². The Hall–Kier alpha value is -3.03. The van der Waals surface area contributed by atoms with Crippen LogP contribution in [0.3, 0.4) is 0 Å². The van der Waals surface area contributed by atoms with Crippen molar-refractivity contribution in [1.82, 2.24) is 10.2 Å². The molecule has 1 N–H and O–H groups in total. The average Bonchev–Trinajstić information content (AvgIpc) is 3.17. The minimum atomic E-state index is -4.45. The predicted octanol–water partition coefficient (Wildman–Crippen LogP) is 6.03. The fraction of sp³-hybridized carbons (Fsp3) is 0.333. The summed E-state index contributed by atoms with van der Waals surface area (Å²) in [6, 6.07) is 10.4. The summed E-state index contributed by atoms with van der Waals surface area (Å²) in [5.74, 6) is 0.949. The number of aromatic nitrogens is 2. The van der Waals surface area contributed by atoms with E-state index in [0.717, 1.165) is 29.7 Å². The first-order valence-corrected chi connectivity index (χ1v) is 9.29. The SMILES string of the molecule is CCCOc1ccc(C(F)(F)F)cc1NC(C)c1nnc(-c2ccc(C)cc2)o1. The topological polar surface area (TPSA) is 60.2 Å². The Morgan fingerprint density at radius 2 is 1.83 bits per heavy atom. The van der Waals surface area contributed by atoms with Crippen LogP contribution in [0.15, 0.2) is 46.9 Å². The maximum absolute atomic E-state index is 13.1. The molecule has 0 fully saturated rings. The van der Waals surface area contributed by atoms with Crippen LogP contribution >= 0.6 is 0 Å². The molecule has 0 saturated carbocycles.